The highest BCUT2D eigenvalue weighted by Crippen LogP contribution is 2.05. The first-order chi connectivity index (χ1) is 6.41. The molecule has 0 amide bonds. The van der Waals surface area contributed by atoms with Crippen molar-refractivity contribution < 1.29 is 0 Å². The van der Waals surface area contributed by atoms with Crippen molar-refractivity contribution in [2.45, 2.75) is 58.3 Å². The third kappa shape index (κ3) is 12.1. The second-order valence-electron chi connectivity index (χ2n) is 3.54. The van der Waals surface area contributed by atoms with Crippen molar-refractivity contribution in [2.75, 3.05) is 5.75 Å². The Morgan fingerprint density at radius 1 is 0.846 bits per heavy atom. The molecule has 0 fully saturated rings. The SMILES string of the molecule is CCCCCCC/C=C/CCCS. The van der Waals surface area contributed by atoms with Crippen LogP contribution in [0.15, 0.2) is 12.2 Å². The fourth-order valence-corrected chi connectivity index (χ4v) is 1.49. The van der Waals surface area contributed by atoms with Crippen LogP contribution in [0.4, 0.5) is 0 Å². The Morgan fingerprint density at radius 3 is 2.08 bits per heavy atom. The van der Waals surface area contributed by atoms with E-state index in [4.69, 9.17) is 0 Å². The molecule has 0 saturated carbocycles. The normalized spacial score (nSPS) is 11.2. The Hall–Kier alpha value is 0.0900. The third-order valence-corrected chi connectivity index (χ3v) is 2.49. The van der Waals surface area contributed by atoms with Crippen LogP contribution >= 0.6 is 12.6 Å². The average Bonchev–Trinajstić information content (AvgIpc) is 2.16. The van der Waals surface area contributed by atoms with E-state index in [1.165, 1.54) is 51.4 Å². The summed E-state index contributed by atoms with van der Waals surface area (Å²) in [7, 11) is 0. The maximum absolute atomic E-state index is 4.17. The van der Waals surface area contributed by atoms with E-state index in [0.717, 1.165) is 5.75 Å². The quantitative estimate of drug-likeness (QED) is 0.313. The van der Waals surface area contributed by atoms with Gasteiger partial charge in [0.05, 0.1) is 0 Å². The van der Waals surface area contributed by atoms with E-state index in [9.17, 15) is 0 Å². The minimum absolute atomic E-state index is 1.01. The zero-order valence-corrected chi connectivity index (χ0v) is 9.86. The first-order valence-corrected chi connectivity index (χ1v) is 6.31. The van der Waals surface area contributed by atoms with Crippen molar-refractivity contribution >= 4 is 12.6 Å². The van der Waals surface area contributed by atoms with Gasteiger partial charge in [0, 0.05) is 0 Å². The molecule has 0 saturated heterocycles. The summed E-state index contributed by atoms with van der Waals surface area (Å²) in [4.78, 5) is 0. The first-order valence-electron chi connectivity index (χ1n) is 5.67. The van der Waals surface area contributed by atoms with E-state index in [1.807, 2.05) is 0 Å². The van der Waals surface area contributed by atoms with Crippen LogP contribution in [0.2, 0.25) is 0 Å². The molecule has 0 rings (SSSR count). The van der Waals surface area contributed by atoms with Crippen LogP contribution in [-0.2, 0) is 0 Å². The molecule has 0 bridgehead atoms. The summed E-state index contributed by atoms with van der Waals surface area (Å²) in [5.41, 5.74) is 0. The molecule has 0 aliphatic heterocycles. The molecule has 78 valence electrons. The number of unbranched alkanes of at least 4 members (excludes halogenated alkanes) is 6. The van der Waals surface area contributed by atoms with Crippen LogP contribution in [0.3, 0.4) is 0 Å². The van der Waals surface area contributed by atoms with Crippen LogP contribution in [-0.4, -0.2) is 5.75 Å². The Morgan fingerprint density at radius 2 is 1.46 bits per heavy atom. The number of hydrogen-bond acceptors (Lipinski definition) is 1. The van der Waals surface area contributed by atoms with E-state index in [0.29, 0.717) is 0 Å². The molecule has 0 aliphatic carbocycles. The van der Waals surface area contributed by atoms with Gasteiger partial charge in [-0.1, -0.05) is 44.8 Å². The zero-order chi connectivity index (χ0) is 9.78. The van der Waals surface area contributed by atoms with Crippen molar-refractivity contribution in [3.8, 4) is 0 Å². The van der Waals surface area contributed by atoms with E-state index >= 15 is 0 Å². The zero-order valence-electron chi connectivity index (χ0n) is 8.97. The fraction of sp³-hybridized carbons (Fsp3) is 0.833. The number of allylic oxidation sites excluding steroid dienone is 2. The molecule has 0 N–H and O–H groups in total. The summed E-state index contributed by atoms with van der Waals surface area (Å²) in [6, 6.07) is 0. The number of rotatable bonds is 9. The Bertz CT molecular complexity index is 108. The van der Waals surface area contributed by atoms with Crippen molar-refractivity contribution in [2.24, 2.45) is 0 Å². The molecule has 0 aromatic carbocycles. The molecule has 0 nitrogen and oxygen atoms in total. The fourth-order valence-electron chi connectivity index (χ4n) is 1.31. The predicted molar refractivity (Wildman–Crippen MR) is 65.6 cm³/mol. The van der Waals surface area contributed by atoms with Gasteiger partial charge in [0.25, 0.3) is 0 Å². The maximum atomic E-state index is 4.17. The van der Waals surface area contributed by atoms with Crippen LogP contribution in [0.25, 0.3) is 0 Å². The van der Waals surface area contributed by atoms with E-state index in [1.54, 1.807) is 0 Å². The average molecular weight is 200 g/mol. The molecule has 1 heteroatoms. The Labute approximate surface area is 89.2 Å². The highest BCUT2D eigenvalue weighted by atomic mass is 32.1. The molecule has 0 radical (unpaired) electrons. The molecule has 0 spiro atoms. The van der Waals surface area contributed by atoms with Crippen LogP contribution < -0.4 is 0 Å². The molecule has 0 aromatic heterocycles. The van der Waals surface area contributed by atoms with E-state index < -0.39 is 0 Å². The van der Waals surface area contributed by atoms with Gasteiger partial charge >= 0.3 is 0 Å². The summed E-state index contributed by atoms with van der Waals surface area (Å²) in [6.45, 7) is 2.26. The largest absolute Gasteiger partial charge is 0.179 e. The Balaban J connectivity index is 2.93. The standard InChI is InChI=1S/C12H24S/c1-2-3-4-5-6-7-8-9-10-11-12-13/h8-9,13H,2-7,10-12H2,1H3/b9-8+. The van der Waals surface area contributed by atoms with Gasteiger partial charge in [-0.3, -0.25) is 0 Å². The highest BCUT2D eigenvalue weighted by molar-refractivity contribution is 7.80. The van der Waals surface area contributed by atoms with Crippen molar-refractivity contribution in [3.05, 3.63) is 12.2 Å². The smallest absolute Gasteiger partial charge is 0.00950 e. The molecule has 0 heterocycles. The third-order valence-electron chi connectivity index (χ3n) is 2.17. The van der Waals surface area contributed by atoms with Gasteiger partial charge in [0.1, 0.15) is 0 Å². The summed E-state index contributed by atoms with van der Waals surface area (Å²) in [5, 5.41) is 0. The van der Waals surface area contributed by atoms with Gasteiger partial charge in [0.15, 0.2) is 0 Å². The van der Waals surface area contributed by atoms with Crippen molar-refractivity contribution in [1.29, 1.82) is 0 Å². The number of thiol groups is 1. The molecule has 13 heavy (non-hydrogen) atoms. The summed E-state index contributed by atoms with van der Waals surface area (Å²) in [6.07, 6.45) is 15.3. The van der Waals surface area contributed by atoms with Gasteiger partial charge in [-0.05, 0) is 31.4 Å². The lowest BCUT2D eigenvalue weighted by Gasteiger charge is -1.95. The topological polar surface area (TPSA) is 0 Å². The molecule has 0 aromatic rings. The van der Waals surface area contributed by atoms with Gasteiger partial charge in [-0.15, -0.1) is 0 Å². The summed E-state index contributed by atoms with van der Waals surface area (Å²) in [5.74, 6) is 1.01. The monoisotopic (exact) mass is 200 g/mol. The lowest BCUT2D eigenvalue weighted by atomic mass is 10.1. The molecule has 0 unspecified atom stereocenters. The molecule has 0 atom stereocenters. The molecule has 0 aliphatic rings. The predicted octanol–water partition coefficient (Wildman–Crippen LogP) is 4.61. The van der Waals surface area contributed by atoms with Crippen molar-refractivity contribution in [1.82, 2.24) is 0 Å². The van der Waals surface area contributed by atoms with Crippen LogP contribution in [0.1, 0.15) is 58.3 Å². The highest BCUT2D eigenvalue weighted by Gasteiger charge is 1.86. The van der Waals surface area contributed by atoms with Crippen molar-refractivity contribution in [3.63, 3.8) is 0 Å². The van der Waals surface area contributed by atoms with E-state index in [-0.39, 0.29) is 0 Å². The summed E-state index contributed by atoms with van der Waals surface area (Å²) < 4.78 is 0. The van der Waals surface area contributed by atoms with E-state index in [2.05, 4.69) is 31.7 Å². The van der Waals surface area contributed by atoms with Gasteiger partial charge < -0.3 is 0 Å². The Kier molecular flexibility index (Phi) is 12.2. The second kappa shape index (κ2) is 12.1. The van der Waals surface area contributed by atoms with Gasteiger partial charge in [0.2, 0.25) is 0 Å². The first kappa shape index (κ1) is 13.1. The molecular weight excluding hydrogens is 176 g/mol. The lowest BCUT2D eigenvalue weighted by Crippen LogP contribution is -1.76. The number of hydrogen-bond donors (Lipinski definition) is 1. The van der Waals surface area contributed by atoms with Gasteiger partial charge in [-0.25, -0.2) is 0 Å². The minimum atomic E-state index is 1.01. The minimum Gasteiger partial charge on any atom is -0.179 e. The van der Waals surface area contributed by atoms with Gasteiger partial charge in [-0.2, -0.15) is 12.6 Å². The molecular formula is C12H24S. The second-order valence-corrected chi connectivity index (χ2v) is 3.99. The summed E-state index contributed by atoms with van der Waals surface area (Å²) >= 11 is 4.17. The maximum Gasteiger partial charge on any atom is -0.00950 e. The van der Waals surface area contributed by atoms with Crippen LogP contribution in [0, 0.1) is 0 Å². The van der Waals surface area contributed by atoms with Crippen LogP contribution in [0.5, 0.6) is 0 Å². The lowest BCUT2D eigenvalue weighted by molar-refractivity contribution is 0.637.